The second-order valence-corrected chi connectivity index (χ2v) is 12.1. The van der Waals surface area contributed by atoms with Crippen LogP contribution in [0.2, 0.25) is 0 Å². The van der Waals surface area contributed by atoms with Crippen LogP contribution in [0.1, 0.15) is 28.4 Å². The Labute approximate surface area is 278 Å². The SMILES string of the molecule is Cc1ccccc1NC(=O)c1ccc(N(c2ccc(C3=NC4C=CC=CC4(C)O3)cc2)c2ccc(-c3nc4ccccc4o3)cc2)cc1. The summed E-state index contributed by atoms with van der Waals surface area (Å²) < 4.78 is 12.3. The number of amides is 1. The summed E-state index contributed by atoms with van der Waals surface area (Å²) in [5.74, 6) is 1.04. The predicted molar refractivity (Wildman–Crippen MR) is 191 cm³/mol. The molecule has 0 bridgehead atoms. The van der Waals surface area contributed by atoms with Gasteiger partial charge in [0.2, 0.25) is 11.8 Å². The van der Waals surface area contributed by atoms with Crippen molar-refractivity contribution in [1.29, 1.82) is 0 Å². The standard InChI is InChI=1S/C41H32N4O3/c1-27-9-3-4-10-34(27)42-38(46)28-14-20-31(21-15-28)45(32-22-16-29(17-23-32)39-43-35-11-5-6-12-36(35)47-39)33-24-18-30(19-25-33)40-44-37-13-7-8-26-41(37,2)48-40/h3-26,37H,1-2H3,(H,42,46). The number of carbonyl (C=O) groups excluding carboxylic acids is 1. The number of allylic oxidation sites excluding steroid dienone is 2. The summed E-state index contributed by atoms with van der Waals surface area (Å²) in [5.41, 5.74) is 8.02. The Morgan fingerprint density at radius 2 is 1.42 bits per heavy atom. The molecule has 1 N–H and O–H groups in total. The summed E-state index contributed by atoms with van der Waals surface area (Å²) in [7, 11) is 0. The third-order valence-corrected chi connectivity index (χ3v) is 8.81. The van der Waals surface area contributed by atoms with Crippen molar-refractivity contribution in [3.05, 3.63) is 162 Å². The van der Waals surface area contributed by atoms with Gasteiger partial charge in [-0.15, -0.1) is 0 Å². The van der Waals surface area contributed by atoms with Crippen molar-refractivity contribution in [2.75, 3.05) is 10.2 Å². The Morgan fingerprint density at radius 1 is 0.771 bits per heavy atom. The zero-order valence-electron chi connectivity index (χ0n) is 26.5. The van der Waals surface area contributed by atoms with Crippen LogP contribution in [0, 0.1) is 6.92 Å². The molecule has 2 atom stereocenters. The molecule has 0 spiro atoms. The number of nitrogens with zero attached hydrogens (tertiary/aromatic N) is 3. The molecule has 1 aliphatic carbocycles. The van der Waals surface area contributed by atoms with Crippen LogP contribution in [0.15, 0.2) is 155 Å². The van der Waals surface area contributed by atoms with Gasteiger partial charge in [0, 0.05) is 39.4 Å². The number of oxazole rings is 1. The fraction of sp³-hybridized carbons (Fsp3) is 0.0976. The molecule has 2 aliphatic rings. The van der Waals surface area contributed by atoms with E-state index in [2.05, 4.69) is 46.4 Å². The molecule has 0 saturated carbocycles. The van der Waals surface area contributed by atoms with Gasteiger partial charge in [-0.25, -0.2) is 9.98 Å². The van der Waals surface area contributed by atoms with E-state index >= 15 is 0 Å². The number of hydrogen-bond donors (Lipinski definition) is 1. The van der Waals surface area contributed by atoms with Gasteiger partial charge in [0.25, 0.3) is 5.91 Å². The maximum Gasteiger partial charge on any atom is 0.255 e. The van der Waals surface area contributed by atoms with Crippen molar-refractivity contribution in [3.63, 3.8) is 0 Å². The molecule has 6 aromatic rings. The Hall–Kier alpha value is -6.21. The molecule has 1 aromatic heterocycles. The van der Waals surface area contributed by atoms with E-state index in [1.54, 1.807) is 0 Å². The number of fused-ring (bicyclic) bond motifs is 2. The smallest absolute Gasteiger partial charge is 0.255 e. The van der Waals surface area contributed by atoms with Gasteiger partial charge in [-0.1, -0.05) is 48.6 Å². The minimum absolute atomic E-state index is 0.0463. The summed E-state index contributed by atoms with van der Waals surface area (Å²) in [4.78, 5) is 24.8. The van der Waals surface area contributed by atoms with E-state index in [1.807, 2.05) is 128 Å². The number of anilines is 4. The van der Waals surface area contributed by atoms with Gasteiger partial charge < -0.3 is 19.4 Å². The van der Waals surface area contributed by atoms with Crippen LogP contribution in [-0.4, -0.2) is 28.4 Å². The molecule has 0 fully saturated rings. The number of para-hydroxylation sites is 3. The van der Waals surface area contributed by atoms with E-state index in [1.165, 1.54) is 0 Å². The summed E-state index contributed by atoms with van der Waals surface area (Å²) in [6.45, 7) is 4.03. The van der Waals surface area contributed by atoms with Gasteiger partial charge in [-0.2, -0.15) is 0 Å². The van der Waals surface area contributed by atoms with Crippen molar-refractivity contribution >= 4 is 45.7 Å². The van der Waals surface area contributed by atoms with Gasteiger partial charge in [0.05, 0.1) is 0 Å². The minimum Gasteiger partial charge on any atom is -0.464 e. The number of carbonyl (C=O) groups is 1. The van der Waals surface area contributed by atoms with Crippen molar-refractivity contribution in [3.8, 4) is 11.5 Å². The second-order valence-electron chi connectivity index (χ2n) is 12.1. The first kappa shape index (κ1) is 29.2. The third kappa shape index (κ3) is 5.45. The van der Waals surface area contributed by atoms with E-state index in [4.69, 9.17) is 14.1 Å². The quantitative estimate of drug-likeness (QED) is 0.190. The molecule has 234 valence electrons. The first-order valence-corrected chi connectivity index (χ1v) is 15.9. The molecule has 7 nitrogen and oxygen atoms in total. The molecule has 7 heteroatoms. The Bertz CT molecular complexity index is 2200. The van der Waals surface area contributed by atoms with E-state index in [0.29, 0.717) is 17.4 Å². The molecule has 48 heavy (non-hydrogen) atoms. The van der Waals surface area contributed by atoms with Crippen molar-refractivity contribution in [2.45, 2.75) is 25.5 Å². The third-order valence-electron chi connectivity index (χ3n) is 8.81. The first-order chi connectivity index (χ1) is 23.4. The molecule has 1 amide bonds. The summed E-state index contributed by atoms with van der Waals surface area (Å²) in [6.07, 6.45) is 8.14. The lowest BCUT2D eigenvalue weighted by atomic mass is 9.93. The maximum absolute atomic E-state index is 13.1. The topological polar surface area (TPSA) is 80.0 Å². The molecule has 0 radical (unpaired) electrons. The van der Waals surface area contributed by atoms with Crippen LogP contribution in [0.5, 0.6) is 0 Å². The number of aryl methyl sites for hydroxylation is 1. The molecule has 1 aliphatic heterocycles. The van der Waals surface area contributed by atoms with Gasteiger partial charge in [0.15, 0.2) is 11.2 Å². The van der Waals surface area contributed by atoms with Gasteiger partial charge in [-0.05, 0) is 116 Å². The number of ether oxygens (including phenoxy) is 1. The zero-order chi connectivity index (χ0) is 32.7. The summed E-state index contributed by atoms with van der Waals surface area (Å²) in [6, 6.07) is 39.4. The van der Waals surface area contributed by atoms with Crippen molar-refractivity contribution in [1.82, 2.24) is 4.98 Å². The lowest BCUT2D eigenvalue weighted by Crippen LogP contribution is -2.34. The Morgan fingerprint density at radius 3 is 2.10 bits per heavy atom. The first-order valence-electron chi connectivity index (χ1n) is 15.9. The molecule has 2 unspecified atom stereocenters. The molecule has 2 heterocycles. The van der Waals surface area contributed by atoms with Crippen LogP contribution in [-0.2, 0) is 4.74 Å². The summed E-state index contributed by atoms with van der Waals surface area (Å²) in [5, 5.41) is 3.03. The highest BCUT2D eigenvalue weighted by Gasteiger charge is 2.40. The van der Waals surface area contributed by atoms with Gasteiger partial charge >= 0.3 is 0 Å². The largest absolute Gasteiger partial charge is 0.464 e. The van der Waals surface area contributed by atoms with Gasteiger partial charge in [-0.3, -0.25) is 4.79 Å². The highest BCUT2D eigenvalue weighted by atomic mass is 16.5. The number of rotatable bonds is 7. The summed E-state index contributed by atoms with van der Waals surface area (Å²) >= 11 is 0. The Kier molecular flexibility index (Phi) is 7.22. The monoisotopic (exact) mass is 628 g/mol. The maximum atomic E-state index is 13.1. The molecule has 0 saturated heterocycles. The van der Waals surface area contributed by atoms with Crippen molar-refractivity contribution in [2.24, 2.45) is 4.99 Å². The fourth-order valence-electron chi connectivity index (χ4n) is 6.08. The molecule has 5 aromatic carbocycles. The van der Waals surface area contributed by atoms with Crippen LogP contribution in [0.25, 0.3) is 22.6 Å². The number of aliphatic imine (C=N–C) groups is 1. The number of benzene rings is 5. The van der Waals surface area contributed by atoms with Crippen molar-refractivity contribution < 1.29 is 13.9 Å². The lowest BCUT2D eigenvalue weighted by Gasteiger charge is -2.27. The number of aromatic nitrogens is 1. The van der Waals surface area contributed by atoms with Gasteiger partial charge in [0.1, 0.15) is 11.6 Å². The highest BCUT2D eigenvalue weighted by Crippen LogP contribution is 2.38. The average molecular weight is 629 g/mol. The Balaban J connectivity index is 1.11. The fourth-order valence-corrected chi connectivity index (χ4v) is 6.08. The van der Waals surface area contributed by atoms with E-state index in [0.717, 1.165) is 50.5 Å². The van der Waals surface area contributed by atoms with Crippen LogP contribution >= 0.6 is 0 Å². The van der Waals surface area contributed by atoms with E-state index in [-0.39, 0.29) is 11.9 Å². The molecular formula is C41H32N4O3. The predicted octanol–water partition coefficient (Wildman–Crippen LogP) is 9.56. The van der Waals surface area contributed by atoms with Crippen LogP contribution in [0.4, 0.5) is 22.7 Å². The molecule has 8 rings (SSSR count). The zero-order valence-corrected chi connectivity index (χ0v) is 26.5. The average Bonchev–Trinajstić information content (AvgIpc) is 3.72. The highest BCUT2D eigenvalue weighted by molar-refractivity contribution is 6.05. The van der Waals surface area contributed by atoms with Crippen LogP contribution < -0.4 is 10.2 Å². The number of nitrogens with one attached hydrogen (secondary N) is 1. The van der Waals surface area contributed by atoms with E-state index < -0.39 is 5.60 Å². The second kappa shape index (κ2) is 11.9. The van der Waals surface area contributed by atoms with E-state index in [9.17, 15) is 4.79 Å². The number of hydrogen-bond acceptors (Lipinski definition) is 6. The molecular weight excluding hydrogens is 596 g/mol. The lowest BCUT2D eigenvalue weighted by molar-refractivity contribution is 0.102. The normalized spacial score (nSPS) is 17.9. The minimum atomic E-state index is -0.474. The van der Waals surface area contributed by atoms with Crippen LogP contribution in [0.3, 0.4) is 0 Å².